The average Bonchev–Trinajstić information content (AvgIpc) is 2.59. The van der Waals surface area contributed by atoms with Crippen molar-refractivity contribution in [2.24, 2.45) is 0 Å². The predicted molar refractivity (Wildman–Crippen MR) is 63.1 cm³/mol. The van der Waals surface area contributed by atoms with E-state index in [-0.39, 0.29) is 0 Å². The number of rotatable bonds is 3. The van der Waals surface area contributed by atoms with Crippen LogP contribution in [-0.4, -0.2) is 40.4 Å². The van der Waals surface area contributed by atoms with Gasteiger partial charge in [-0.1, -0.05) is 31.2 Å². The lowest BCUT2D eigenvalue weighted by molar-refractivity contribution is 0.0572. The van der Waals surface area contributed by atoms with Crippen LogP contribution >= 0.6 is 0 Å². The van der Waals surface area contributed by atoms with Crippen molar-refractivity contribution in [3.8, 4) is 0 Å². The summed E-state index contributed by atoms with van der Waals surface area (Å²) in [4.78, 5) is 2.08. The van der Waals surface area contributed by atoms with E-state index < -0.39 is 12.2 Å². The van der Waals surface area contributed by atoms with Gasteiger partial charge in [0.05, 0.1) is 12.2 Å². The smallest absolute Gasteiger partial charge is 0.0938 e. The number of aliphatic hydroxyl groups is 2. The van der Waals surface area contributed by atoms with Crippen LogP contribution in [0.5, 0.6) is 0 Å². The first-order valence-corrected chi connectivity index (χ1v) is 5.85. The highest BCUT2D eigenvalue weighted by atomic mass is 16.3. The zero-order chi connectivity index (χ0) is 11.5. The summed E-state index contributed by atoms with van der Waals surface area (Å²) in [5, 5.41) is 18.9. The Hall–Kier alpha value is -0.900. The molecule has 2 rings (SSSR count). The lowest BCUT2D eigenvalue weighted by atomic mass is 10.1. The molecule has 0 bridgehead atoms. The van der Waals surface area contributed by atoms with Crippen LogP contribution in [0.25, 0.3) is 0 Å². The molecule has 1 aliphatic rings. The van der Waals surface area contributed by atoms with Crippen molar-refractivity contribution in [2.75, 3.05) is 13.1 Å². The molecule has 1 fully saturated rings. The standard InChI is InChI=1S/C13H19NO2/c1-2-10-3-5-11(6-4-10)7-14-8-12(15)13(16)9-14/h3-6,12-13,15-16H,2,7-9H2,1H3. The molecule has 1 saturated heterocycles. The molecule has 0 aliphatic carbocycles. The lowest BCUT2D eigenvalue weighted by Crippen LogP contribution is -2.22. The second kappa shape index (κ2) is 4.95. The van der Waals surface area contributed by atoms with Gasteiger partial charge in [0, 0.05) is 19.6 Å². The molecule has 2 atom stereocenters. The van der Waals surface area contributed by atoms with Crippen molar-refractivity contribution in [2.45, 2.75) is 32.1 Å². The number of hydrogen-bond acceptors (Lipinski definition) is 3. The number of nitrogens with zero attached hydrogens (tertiary/aromatic N) is 1. The number of β-amino-alcohol motifs (C(OH)–C–C–N with tert-alkyl or cyclic N) is 2. The number of aliphatic hydroxyl groups excluding tert-OH is 2. The van der Waals surface area contributed by atoms with E-state index in [0.717, 1.165) is 13.0 Å². The molecule has 16 heavy (non-hydrogen) atoms. The Morgan fingerprint density at radius 1 is 1.06 bits per heavy atom. The van der Waals surface area contributed by atoms with Gasteiger partial charge in [0.1, 0.15) is 0 Å². The van der Waals surface area contributed by atoms with Crippen LogP contribution < -0.4 is 0 Å². The average molecular weight is 221 g/mol. The predicted octanol–water partition coefficient (Wildman–Crippen LogP) is 0.786. The van der Waals surface area contributed by atoms with Crippen molar-refractivity contribution in [1.82, 2.24) is 4.90 Å². The molecule has 3 nitrogen and oxygen atoms in total. The van der Waals surface area contributed by atoms with Crippen molar-refractivity contribution < 1.29 is 10.2 Å². The summed E-state index contributed by atoms with van der Waals surface area (Å²) in [5.41, 5.74) is 2.57. The quantitative estimate of drug-likeness (QED) is 0.793. The van der Waals surface area contributed by atoms with E-state index in [1.807, 2.05) is 0 Å². The minimum absolute atomic E-state index is 0.566. The lowest BCUT2D eigenvalue weighted by Gasteiger charge is -2.14. The van der Waals surface area contributed by atoms with Gasteiger partial charge in [-0.15, -0.1) is 0 Å². The molecule has 2 unspecified atom stereocenters. The Kier molecular flexibility index (Phi) is 3.59. The second-order valence-electron chi connectivity index (χ2n) is 4.50. The van der Waals surface area contributed by atoms with Crippen LogP contribution in [0.3, 0.4) is 0 Å². The zero-order valence-electron chi connectivity index (χ0n) is 9.63. The third-order valence-corrected chi connectivity index (χ3v) is 3.17. The Morgan fingerprint density at radius 2 is 1.56 bits per heavy atom. The zero-order valence-corrected chi connectivity index (χ0v) is 9.63. The fourth-order valence-corrected chi connectivity index (χ4v) is 2.11. The first kappa shape index (κ1) is 11.6. The second-order valence-corrected chi connectivity index (χ2v) is 4.50. The number of benzene rings is 1. The first-order chi connectivity index (χ1) is 7.69. The van der Waals surface area contributed by atoms with Gasteiger partial charge >= 0.3 is 0 Å². The fraction of sp³-hybridized carbons (Fsp3) is 0.538. The third kappa shape index (κ3) is 2.61. The van der Waals surface area contributed by atoms with Gasteiger partial charge in [-0.2, -0.15) is 0 Å². The maximum Gasteiger partial charge on any atom is 0.0938 e. The van der Waals surface area contributed by atoms with Crippen molar-refractivity contribution in [3.63, 3.8) is 0 Å². The normalized spacial score (nSPS) is 26.2. The molecule has 0 aromatic heterocycles. The highest BCUT2D eigenvalue weighted by Gasteiger charge is 2.29. The van der Waals surface area contributed by atoms with E-state index in [9.17, 15) is 10.2 Å². The van der Waals surface area contributed by atoms with Gasteiger partial charge in [0.15, 0.2) is 0 Å². The van der Waals surface area contributed by atoms with Crippen molar-refractivity contribution in [1.29, 1.82) is 0 Å². The Morgan fingerprint density at radius 3 is 2.06 bits per heavy atom. The molecule has 88 valence electrons. The maximum absolute atomic E-state index is 9.44. The first-order valence-electron chi connectivity index (χ1n) is 5.85. The summed E-state index contributed by atoms with van der Waals surface area (Å²) >= 11 is 0. The molecular weight excluding hydrogens is 202 g/mol. The summed E-state index contributed by atoms with van der Waals surface area (Å²) in [7, 11) is 0. The molecule has 0 amide bonds. The summed E-state index contributed by atoms with van der Waals surface area (Å²) < 4.78 is 0. The molecule has 1 aromatic rings. The summed E-state index contributed by atoms with van der Waals surface area (Å²) in [6, 6.07) is 8.52. The topological polar surface area (TPSA) is 43.7 Å². The summed E-state index contributed by atoms with van der Waals surface area (Å²) in [6.07, 6.45) is -0.119. The molecule has 2 N–H and O–H groups in total. The molecule has 1 aromatic carbocycles. The molecule has 1 heterocycles. The monoisotopic (exact) mass is 221 g/mol. The number of likely N-dealkylation sites (tertiary alicyclic amines) is 1. The van der Waals surface area contributed by atoms with Crippen LogP contribution in [0, 0.1) is 0 Å². The summed E-state index contributed by atoms with van der Waals surface area (Å²) in [5.74, 6) is 0. The van der Waals surface area contributed by atoms with Crippen molar-refractivity contribution in [3.05, 3.63) is 35.4 Å². The van der Waals surface area contributed by atoms with Gasteiger partial charge in [0.2, 0.25) is 0 Å². The Labute approximate surface area is 96.3 Å². The summed E-state index contributed by atoms with van der Waals surface area (Å²) in [6.45, 7) is 4.08. The highest BCUT2D eigenvalue weighted by molar-refractivity contribution is 5.22. The van der Waals surface area contributed by atoms with Gasteiger partial charge in [-0.25, -0.2) is 0 Å². The van der Waals surface area contributed by atoms with Crippen LogP contribution in [0.2, 0.25) is 0 Å². The Bertz CT molecular complexity index is 326. The van der Waals surface area contributed by atoms with Crippen LogP contribution in [0.4, 0.5) is 0 Å². The minimum atomic E-state index is -0.588. The molecular formula is C13H19NO2. The maximum atomic E-state index is 9.44. The molecule has 0 radical (unpaired) electrons. The van der Waals surface area contributed by atoms with Crippen LogP contribution in [-0.2, 0) is 13.0 Å². The molecule has 0 spiro atoms. The van der Waals surface area contributed by atoms with Crippen LogP contribution in [0.1, 0.15) is 18.1 Å². The van der Waals surface area contributed by atoms with E-state index in [2.05, 4.69) is 36.1 Å². The van der Waals surface area contributed by atoms with Gasteiger partial charge in [-0.05, 0) is 17.5 Å². The van der Waals surface area contributed by atoms with Crippen LogP contribution in [0.15, 0.2) is 24.3 Å². The SMILES string of the molecule is CCc1ccc(CN2CC(O)C(O)C2)cc1. The van der Waals surface area contributed by atoms with Gasteiger partial charge in [0.25, 0.3) is 0 Å². The fourth-order valence-electron chi connectivity index (χ4n) is 2.11. The minimum Gasteiger partial charge on any atom is -0.389 e. The van der Waals surface area contributed by atoms with Crippen molar-refractivity contribution >= 4 is 0 Å². The molecule has 1 aliphatic heterocycles. The Balaban J connectivity index is 1.94. The number of aryl methyl sites for hydroxylation is 1. The van der Waals surface area contributed by atoms with E-state index in [0.29, 0.717) is 13.1 Å². The number of hydrogen-bond donors (Lipinski definition) is 2. The molecule has 3 heteroatoms. The van der Waals surface area contributed by atoms with E-state index in [1.54, 1.807) is 0 Å². The van der Waals surface area contributed by atoms with Gasteiger partial charge in [-0.3, -0.25) is 4.90 Å². The van der Waals surface area contributed by atoms with E-state index in [4.69, 9.17) is 0 Å². The molecule has 0 saturated carbocycles. The highest BCUT2D eigenvalue weighted by Crippen LogP contribution is 2.14. The largest absolute Gasteiger partial charge is 0.389 e. The third-order valence-electron chi connectivity index (χ3n) is 3.17. The van der Waals surface area contributed by atoms with E-state index in [1.165, 1.54) is 11.1 Å². The van der Waals surface area contributed by atoms with Gasteiger partial charge < -0.3 is 10.2 Å². The van der Waals surface area contributed by atoms with E-state index >= 15 is 0 Å².